The molecule has 0 bridgehead atoms. The van der Waals surface area contributed by atoms with Crippen LogP contribution in [0.2, 0.25) is 0 Å². The monoisotopic (exact) mass is 512 g/mol. The summed E-state index contributed by atoms with van der Waals surface area (Å²) in [4.78, 5) is 26.6. The van der Waals surface area contributed by atoms with Gasteiger partial charge in [-0.3, -0.25) is 4.79 Å². The number of hydrogen-bond acceptors (Lipinski definition) is 7. The number of hydrogen-bond donors (Lipinski definition) is 2. The average molecular weight is 512 g/mol. The number of carbonyl (C=O) groups is 1. The summed E-state index contributed by atoms with van der Waals surface area (Å²) in [6.45, 7) is 0.234. The third-order valence-electron chi connectivity index (χ3n) is 6.55. The molecule has 1 amide bonds. The zero-order valence-corrected chi connectivity index (χ0v) is 19.2. The van der Waals surface area contributed by atoms with Crippen LogP contribution in [-0.2, 0) is 12.7 Å². The minimum atomic E-state index is -4.44. The van der Waals surface area contributed by atoms with Gasteiger partial charge in [0, 0.05) is 23.8 Å². The maximum absolute atomic E-state index is 13.5. The molecule has 4 aromatic heterocycles. The minimum Gasteiger partial charge on any atom is -0.367 e. The fourth-order valence-corrected chi connectivity index (χ4v) is 4.76. The van der Waals surface area contributed by atoms with Crippen molar-refractivity contribution in [3.05, 3.63) is 71.6 Å². The number of rotatable bonds is 5. The molecule has 1 saturated carbocycles. The van der Waals surface area contributed by atoms with E-state index >= 15 is 0 Å². The van der Waals surface area contributed by atoms with E-state index in [-0.39, 0.29) is 41.8 Å². The lowest BCUT2D eigenvalue weighted by atomic mass is 10.2. The maximum atomic E-state index is 13.5. The van der Waals surface area contributed by atoms with Crippen molar-refractivity contribution in [1.29, 1.82) is 0 Å². The highest BCUT2D eigenvalue weighted by molar-refractivity contribution is 6.08. The Bertz CT molecular complexity index is 1490. The molecular weight excluding hydrogens is 492 g/mol. The number of fused-ring (bicyclic) bond motifs is 2. The van der Waals surface area contributed by atoms with Gasteiger partial charge in [-0.1, -0.05) is 0 Å². The van der Waals surface area contributed by atoms with Crippen LogP contribution in [0.1, 0.15) is 40.9 Å². The number of anilines is 3. The fourth-order valence-electron chi connectivity index (χ4n) is 4.76. The molecule has 1 aliphatic carbocycles. The van der Waals surface area contributed by atoms with Crippen LogP contribution in [-0.4, -0.2) is 42.6 Å². The number of pyridine rings is 3. The van der Waals surface area contributed by atoms with Gasteiger partial charge in [-0.25, -0.2) is 18.9 Å². The lowest BCUT2D eigenvalue weighted by Crippen LogP contribution is -2.24. The Balaban J connectivity index is 1.06. The van der Waals surface area contributed by atoms with E-state index in [1.54, 1.807) is 18.3 Å². The van der Waals surface area contributed by atoms with Gasteiger partial charge in [0.15, 0.2) is 5.65 Å². The first-order valence-corrected chi connectivity index (χ1v) is 11.6. The molecule has 2 aliphatic rings. The third-order valence-corrected chi connectivity index (χ3v) is 6.55. The summed E-state index contributed by atoms with van der Waals surface area (Å²) >= 11 is 0. The Morgan fingerprint density at radius 2 is 1.81 bits per heavy atom. The van der Waals surface area contributed by atoms with Crippen molar-refractivity contribution in [2.75, 3.05) is 15.5 Å². The number of aromatic nitrogens is 5. The first-order valence-electron chi connectivity index (χ1n) is 11.6. The molecule has 0 unspecified atom stereocenters. The molecule has 37 heavy (non-hydrogen) atoms. The molecule has 190 valence electrons. The quantitative estimate of drug-likeness (QED) is 0.385. The van der Waals surface area contributed by atoms with Gasteiger partial charge in [-0.05, 0) is 49.6 Å². The zero-order chi connectivity index (χ0) is 25.7. The lowest BCUT2D eigenvalue weighted by molar-refractivity contribution is -0.137. The predicted molar refractivity (Wildman–Crippen MR) is 126 cm³/mol. The zero-order valence-electron chi connectivity index (χ0n) is 19.2. The Labute approximate surface area is 207 Å². The number of alkyl halides is 3. The van der Waals surface area contributed by atoms with E-state index in [4.69, 9.17) is 0 Å². The van der Waals surface area contributed by atoms with E-state index < -0.39 is 17.6 Å². The standard InChI is InChI=1S/C24H20F4N8O/c25-15-7-13-12-35(22(37)21(13)30-10-15)18-3-4-19(29-11-18)31-16-1-2-17(9-16)32-23-33-20-8-14(24(26,27)28)5-6-36(20)34-23/h3-8,10-11,16-17H,1-2,9,12H2,(H,29,31)(H,32,34)/t16-,17-/m0/s1. The second kappa shape index (κ2) is 8.68. The molecule has 1 aliphatic heterocycles. The number of nitrogens with zero attached hydrogens (tertiary/aromatic N) is 6. The van der Waals surface area contributed by atoms with Crippen LogP contribution in [0.4, 0.5) is 35.0 Å². The molecule has 0 saturated heterocycles. The van der Waals surface area contributed by atoms with Crippen LogP contribution in [0, 0.1) is 5.82 Å². The summed E-state index contributed by atoms with van der Waals surface area (Å²) in [5.74, 6) is 0.145. The van der Waals surface area contributed by atoms with Gasteiger partial charge in [0.1, 0.15) is 17.3 Å². The molecule has 0 spiro atoms. The topological polar surface area (TPSA) is 100 Å². The predicted octanol–water partition coefficient (Wildman–Crippen LogP) is 4.28. The molecule has 0 radical (unpaired) electrons. The molecule has 13 heteroatoms. The normalized spacial score (nSPS) is 19.5. The number of carbonyl (C=O) groups excluding carboxylic acids is 1. The van der Waals surface area contributed by atoms with Crippen molar-refractivity contribution in [3.63, 3.8) is 0 Å². The molecule has 4 aromatic rings. The highest BCUT2D eigenvalue weighted by Crippen LogP contribution is 2.31. The molecule has 2 N–H and O–H groups in total. The Morgan fingerprint density at radius 1 is 1.00 bits per heavy atom. The van der Waals surface area contributed by atoms with Crippen LogP contribution in [0.5, 0.6) is 0 Å². The van der Waals surface area contributed by atoms with Gasteiger partial charge in [-0.15, -0.1) is 5.10 Å². The molecule has 9 nitrogen and oxygen atoms in total. The van der Waals surface area contributed by atoms with Crippen LogP contribution in [0.25, 0.3) is 5.65 Å². The van der Waals surface area contributed by atoms with E-state index in [1.807, 2.05) is 0 Å². The van der Waals surface area contributed by atoms with Crippen molar-refractivity contribution in [1.82, 2.24) is 24.6 Å². The highest BCUT2D eigenvalue weighted by Gasteiger charge is 2.32. The Morgan fingerprint density at radius 3 is 2.57 bits per heavy atom. The van der Waals surface area contributed by atoms with Crippen LogP contribution >= 0.6 is 0 Å². The summed E-state index contributed by atoms with van der Waals surface area (Å²) < 4.78 is 53.6. The SMILES string of the molecule is O=C1c2ncc(F)cc2CN1c1ccc(N[C@H]2CC[C@H](Nc3nc4cc(C(F)(F)F)ccn4n3)C2)nc1. The van der Waals surface area contributed by atoms with E-state index in [1.165, 1.54) is 21.7 Å². The van der Waals surface area contributed by atoms with E-state index in [0.29, 0.717) is 17.1 Å². The van der Waals surface area contributed by atoms with Gasteiger partial charge in [0.25, 0.3) is 5.91 Å². The first kappa shape index (κ1) is 23.1. The first-order chi connectivity index (χ1) is 17.7. The lowest BCUT2D eigenvalue weighted by Gasteiger charge is -2.17. The van der Waals surface area contributed by atoms with Crippen molar-refractivity contribution >= 4 is 29.0 Å². The molecule has 6 rings (SSSR count). The highest BCUT2D eigenvalue weighted by atomic mass is 19.4. The average Bonchev–Trinajstić information content (AvgIpc) is 3.55. The van der Waals surface area contributed by atoms with Crippen LogP contribution < -0.4 is 15.5 Å². The van der Waals surface area contributed by atoms with E-state index in [0.717, 1.165) is 37.6 Å². The third kappa shape index (κ3) is 4.52. The van der Waals surface area contributed by atoms with Gasteiger partial charge in [-0.2, -0.15) is 18.2 Å². The minimum absolute atomic E-state index is 0.0462. The summed E-state index contributed by atoms with van der Waals surface area (Å²) in [6, 6.07) is 6.97. The maximum Gasteiger partial charge on any atom is 0.416 e. The number of amides is 1. The summed E-state index contributed by atoms with van der Waals surface area (Å²) in [6.07, 6.45) is 1.83. The summed E-state index contributed by atoms with van der Waals surface area (Å²) in [5, 5.41) is 10.8. The second-order valence-electron chi connectivity index (χ2n) is 9.10. The van der Waals surface area contributed by atoms with Gasteiger partial charge < -0.3 is 15.5 Å². The van der Waals surface area contributed by atoms with Crippen molar-refractivity contribution in [2.45, 2.75) is 44.1 Å². The molecule has 0 aromatic carbocycles. The number of halogens is 4. The Kier molecular flexibility index (Phi) is 5.42. The van der Waals surface area contributed by atoms with Crippen LogP contribution in [0.15, 0.2) is 48.9 Å². The molecule has 1 fully saturated rings. The fraction of sp³-hybridized carbons (Fsp3) is 0.292. The van der Waals surface area contributed by atoms with Crippen molar-refractivity contribution in [2.24, 2.45) is 0 Å². The van der Waals surface area contributed by atoms with Gasteiger partial charge >= 0.3 is 6.18 Å². The summed E-state index contributed by atoms with van der Waals surface area (Å²) in [7, 11) is 0. The van der Waals surface area contributed by atoms with Crippen molar-refractivity contribution in [3.8, 4) is 0 Å². The van der Waals surface area contributed by atoms with Gasteiger partial charge in [0.05, 0.1) is 30.2 Å². The van der Waals surface area contributed by atoms with Gasteiger partial charge in [0.2, 0.25) is 5.95 Å². The largest absolute Gasteiger partial charge is 0.416 e. The summed E-state index contributed by atoms with van der Waals surface area (Å²) in [5.41, 5.74) is 0.722. The van der Waals surface area contributed by atoms with E-state index in [2.05, 4.69) is 30.7 Å². The smallest absolute Gasteiger partial charge is 0.367 e. The Hall–Kier alpha value is -4.29. The van der Waals surface area contributed by atoms with Crippen molar-refractivity contribution < 1.29 is 22.4 Å². The molecule has 2 atom stereocenters. The molecular formula is C24H20F4N8O. The van der Waals surface area contributed by atoms with E-state index in [9.17, 15) is 22.4 Å². The van der Waals surface area contributed by atoms with Crippen LogP contribution in [0.3, 0.4) is 0 Å². The number of nitrogens with one attached hydrogen (secondary N) is 2. The molecule has 5 heterocycles. The second-order valence-corrected chi connectivity index (χ2v) is 9.10.